The third-order valence-corrected chi connectivity index (χ3v) is 7.96. The van der Waals surface area contributed by atoms with Crippen molar-refractivity contribution >= 4 is 11.1 Å². The number of hydrogen-bond donors (Lipinski definition) is 2. The minimum atomic E-state index is -0.117. The van der Waals surface area contributed by atoms with E-state index in [0.29, 0.717) is 40.8 Å². The Morgan fingerprint density at radius 2 is 2.04 bits per heavy atom. The second-order valence-electron chi connectivity index (χ2n) is 9.39. The molecule has 2 N–H and O–H groups in total. The van der Waals surface area contributed by atoms with Crippen molar-refractivity contribution in [3.63, 3.8) is 0 Å². The second-order valence-corrected chi connectivity index (χ2v) is 9.39. The van der Waals surface area contributed by atoms with Crippen LogP contribution < -0.4 is 0 Å². The van der Waals surface area contributed by atoms with Crippen LogP contribution in [0.5, 0.6) is 11.5 Å². The van der Waals surface area contributed by atoms with Gasteiger partial charge in [0.1, 0.15) is 5.52 Å². The van der Waals surface area contributed by atoms with Gasteiger partial charge in [-0.1, -0.05) is 32.9 Å². The van der Waals surface area contributed by atoms with Gasteiger partial charge in [0.05, 0.1) is 0 Å². The Morgan fingerprint density at radius 3 is 2.78 bits per heavy atom. The lowest BCUT2D eigenvalue weighted by molar-refractivity contribution is -0.0490. The van der Waals surface area contributed by atoms with E-state index in [4.69, 9.17) is 4.42 Å². The molecule has 0 saturated heterocycles. The van der Waals surface area contributed by atoms with Gasteiger partial charge in [-0.2, -0.15) is 0 Å². The Morgan fingerprint density at radius 1 is 1.30 bits per heavy atom. The fourth-order valence-corrected chi connectivity index (χ4v) is 6.03. The standard InChI is InChI=1S/C23H31NO3/c1-13-7-6-8-19-22(13,4)10-9-14(2)23(19,5)12-16-20(26)18(25)11-17-21(16)27-15(3)24-17/h11,14,19,25-26H,1,6-10,12H2,2-5H3. The van der Waals surface area contributed by atoms with E-state index in [2.05, 4.69) is 32.3 Å². The number of aromatic nitrogens is 1. The maximum absolute atomic E-state index is 10.7. The van der Waals surface area contributed by atoms with E-state index < -0.39 is 0 Å². The summed E-state index contributed by atoms with van der Waals surface area (Å²) in [6.45, 7) is 13.3. The monoisotopic (exact) mass is 369 g/mol. The lowest BCUT2D eigenvalue weighted by Crippen LogP contribution is -2.51. The lowest BCUT2D eigenvalue weighted by atomic mass is 9.46. The highest BCUT2D eigenvalue weighted by Gasteiger charge is 2.54. The van der Waals surface area contributed by atoms with E-state index in [1.807, 2.05) is 0 Å². The van der Waals surface area contributed by atoms with E-state index in [-0.39, 0.29) is 22.3 Å². The van der Waals surface area contributed by atoms with Gasteiger partial charge in [-0.3, -0.25) is 0 Å². The first kappa shape index (κ1) is 18.4. The van der Waals surface area contributed by atoms with Gasteiger partial charge in [0.2, 0.25) is 0 Å². The van der Waals surface area contributed by atoms with E-state index in [1.165, 1.54) is 30.9 Å². The average Bonchev–Trinajstić information content (AvgIpc) is 2.98. The molecular weight excluding hydrogens is 338 g/mol. The molecule has 1 aromatic heterocycles. The number of oxazole rings is 1. The van der Waals surface area contributed by atoms with Crippen LogP contribution in [0.1, 0.15) is 64.3 Å². The molecular formula is C23H31NO3. The second kappa shape index (κ2) is 6.02. The smallest absolute Gasteiger partial charge is 0.192 e. The summed E-state index contributed by atoms with van der Waals surface area (Å²) in [7, 11) is 0. The highest BCUT2D eigenvalue weighted by Crippen LogP contribution is 2.62. The van der Waals surface area contributed by atoms with Gasteiger partial charge < -0.3 is 14.6 Å². The number of aryl methyl sites for hydroxylation is 1. The number of nitrogens with zero attached hydrogens (tertiary/aromatic N) is 1. The number of hydrogen-bond acceptors (Lipinski definition) is 4. The molecule has 0 spiro atoms. The van der Waals surface area contributed by atoms with Crippen molar-refractivity contribution in [1.29, 1.82) is 0 Å². The minimum absolute atomic E-state index is 0.00470. The van der Waals surface area contributed by atoms with Crippen LogP contribution in [-0.2, 0) is 6.42 Å². The SMILES string of the molecule is C=C1CCCC2C1(C)CCC(C)C2(C)Cc1c(O)c(O)cc2nc(C)oc12. The van der Waals surface area contributed by atoms with Gasteiger partial charge in [0.15, 0.2) is 23.0 Å². The van der Waals surface area contributed by atoms with Gasteiger partial charge in [0.25, 0.3) is 0 Å². The van der Waals surface area contributed by atoms with Crippen LogP contribution in [0.3, 0.4) is 0 Å². The summed E-state index contributed by atoms with van der Waals surface area (Å²) < 4.78 is 5.84. The first-order valence-electron chi connectivity index (χ1n) is 10.2. The minimum Gasteiger partial charge on any atom is -0.504 e. The summed E-state index contributed by atoms with van der Waals surface area (Å²) in [5.74, 6) is 1.40. The molecule has 4 nitrogen and oxygen atoms in total. The van der Waals surface area contributed by atoms with Crippen LogP contribution in [0.15, 0.2) is 22.6 Å². The Hall–Kier alpha value is -1.97. The normalized spacial score (nSPS) is 34.0. The van der Waals surface area contributed by atoms with Gasteiger partial charge in [-0.05, 0) is 61.2 Å². The molecule has 4 heteroatoms. The molecule has 4 rings (SSSR count). The van der Waals surface area contributed by atoms with Crippen LogP contribution in [0.2, 0.25) is 0 Å². The summed E-state index contributed by atoms with van der Waals surface area (Å²) in [5.41, 5.74) is 3.45. The number of phenolic OH excluding ortho intramolecular Hbond substituents is 2. The number of rotatable bonds is 2. The molecule has 0 bridgehead atoms. The predicted molar refractivity (Wildman–Crippen MR) is 107 cm³/mol. The summed E-state index contributed by atoms with van der Waals surface area (Å²) in [4.78, 5) is 4.37. The van der Waals surface area contributed by atoms with E-state index in [1.54, 1.807) is 6.92 Å². The molecule has 0 radical (unpaired) electrons. The number of fused-ring (bicyclic) bond motifs is 2. The fraction of sp³-hybridized carbons (Fsp3) is 0.609. The molecule has 0 amide bonds. The van der Waals surface area contributed by atoms with Crippen LogP contribution in [0, 0.1) is 29.6 Å². The Kier molecular flexibility index (Phi) is 4.10. The van der Waals surface area contributed by atoms with Crippen molar-refractivity contribution in [2.45, 2.75) is 66.2 Å². The van der Waals surface area contributed by atoms with Gasteiger partial charge >= 0.3 is 0 Å². The van der Waals surface area contributed by atoms with E-state index in [0.717, 1.165) is 12.8 Å². The quantitative estimate of drug-likeness (QED) is 0.512. The Balaban J connectivity index is 1.84. The maximum atomic E-state index is 10.7. The highest BCUT2D eigenvalue weighted by atomic mass is 16.4. The summed E-state index contributed by atoms with van der Waals surface area (Å²) in [6.07, 6.45) is 6.52. The van der Waals surface area contributed by atoms with Crippen molar-refractivity contribution in [2.24, 2.45) is 22.7 Å². The molecule has 146 valence electrons. The van der Waals surface area contributed by atoms with Crippen LogP contribution in [0.25, 0.3) is 11.1 Å². The third kappa shape index (κ3) is 2.60. The van der Waals surface area contributed by atoms with Crippen molar-refractivity contribution < 1.29 is 14.6 Å². The molecule has 2 fully saturated rings. The van der Waals surface area contributed by atoms with Crippen molar-refractivity contribution in [3.05, 3.63) is 29.7 Å². The maximum Gasteiger partial charge on any atom is 0.192 e. The van der Waals surface area contributed by atoms with Gasteiger partial charge in [-0.25, -0.2) is 4.98 Å². The topological polar surface area (TPSA) is 66.5 Å². The van der Waals surface area contributed by atoms with Gasteiger partial charge in [0, 0.05) is 18.6 Å². The van der Waals surface area contributed by atoms with Crippen LogP contribution >= 0.6 is 0 Å². The number of allylic oxidation sites excluding steroid dienone is 1. The molecule has 27 heavy (non-hydrogen) atoms. The van der Waals surface area contributed by atoms with Crippen molar-refractivity contribution in [2.75, 3.05) is 0 Å². The van der Waals surface area contributed by atoms with Crippen LogP contribution in [0.4, 0.5) is 0 Å². The molecule has 2 aliphatic carbocycles. The number of aromatic hydroxyl groups is 2. The molecule has 4 unspecified atom stereocenters. The molecule has 0 aliphatic heterocycles. The molecule has 2 aromatic rings. The number of phenols is 2. The molecule has 4 atom stereocenters. The van der Waals surface area contributed by atoms with Crippen molar-refractivity contribution in [3.8, 4) is 11.5 Å². The van der Waals surface area contributed by atoms with Crippen LogP contribution in [-0.4, -0.2) is 15.2 Å². The summed E-state index contributed by atoms with van der Waals surface area (Å²) in [6, 6.07) is 1.49. The molecule has 1 heterocycles. The summed E-state index contributed by atoms with van der Waals surface area (Å²) >= 11 is 0. The van der Waals surface area contributed by atoms with E-state index >= 15 is 0 Å². The predicted octanol–water partition coefficient (Wildman–Crippen LogP) is 5.89. The van der Waals surface area contributed by atoms with E-state index in [9.17, 15) is 10.2 Å². The third-order valence-electron chi connectivity index (χ3n) is 7.96. The zero-order valence-electron chi connectivity index (χ0n) is 16.9. The first-order valence-corrected chi connectivity index (χ1v) is 10.2. The van der Waals surface area contributed by atoms with Gasteiger partial charge in [-0.15, -0.1) is 0 Å². The Bertz CT molecular complexity index is 914. The zero-order chi connectivity index (χ0) is 19.6. The fourth-order valence-electron chi connectivity index (χ4n) is 6.03. The van der Waals surface area contributed by atoms with Crippen molar-refractivity contribution in [1.82, 2.24) is 4.98 Å². The molecule has 2 aliphatic rings. The highest BCUT2D eigenvalue weighted by molar-refractivity contribution is 5.82. The largest absolute Gasteiger partial charge is 0.504 e. The lowest BCUT2D eigenvalue weighted by Gasteiger charge is -2.58. The summed E-state index contributed by atoms with van der Waals surface area (Å²) in [5, 5.41) is 21.0. The molecule has 1 aromatic carbocycles. The Labute approximate surface area is 161 Å². The first-order chi connectivity index (χ1) is 12.7. The zero-order valence-corrected chi connectivity index (χ0v) is 16.9. The number of benzene rings is 1. The molecule has 2 saturated carbocycles. The average molecular weight is 370 g/mol.